The Morgan fingerprint density at radius 1 is 1.26 bits per heavy atom. The second-order valence-electron chi connectivity index (χ2n) is 7.52. The molecule has 1 amide bonds. The second kappa shape index (κ2) is 8.37. The third kappa shape index (κ3) is 5.51. The molecule has 0 bridgehead atoms. The van der Waals surface area contributed by atoms with Gasteiger partial charge in [0.1, 0.15) is 17.5 Å². The van der Waals surface area contributed by atoms with Crippen molar-refractivity contribution in [1.82, 2.24) is 15.3 Å². The van der Waals surface area contributed by atoms with E-state index in [9.17, 15) is 13.2 Å². The molecule has 0 radical (unpaired) electrons. The first-order valence-electron chi connectivity index (χ1n) is 9.54. The van der Waals surface area contributed by atoms with Crippen LogP contribution in [0, 0.1) is 0 Å². The van der Waals surface area contributed by atoms with E-state index in [2.05, 4.69) is 15.3 Å². The molecule has 0 aromatic carbocycles. The van der Waals surface area contributed by atoms with Crippen LogP contribution in [-0.2, 0) is 9.84 Å². The van der Waals surface area contributed by atoms with Crippen LogP contribution < -0.4 is 10.1 Å². The van der Waals surface area contributed by atoms with E-state index in [0.29, 0.717) is 17.4 Å². The Morgan fingerprint density at radius 3 is 2.56 bits per heavy atom. The Kier molecular flexibility index (Phi) is 6.14. The number of nitrogens with one attached hydrogen (secondary N) is 1. The fourth-order valence-corrected chi connectivity index (χ4v) is 3.77. The molecule has 8 heteroatoms. The second-order valence-corrected chi connectivity index (χ2v) is 9.45. The van der Waals surface area contributed by atoms with Gasteiger partial charge in [-0.05, 0) is 39.0 Å². The summed E-state index contributed by atoms with van der Waals surface area (Å²) in [6, 6.07) is -0.446. The highest BCUT2D eigenvalue weighted by atomic mass is 32.2. The standard InChI is InChI=1S/C19H27N3O4S/c1-13(10-11-27(2,24)25)21-18(23)16-12-20-17(14-6-3-4-7-14)22-19(16)26-15-8-5-9-15/h10-15H,3-9H2,1-2H3,(H,21,23)/b11-10+. The van der Waals surface area contributed by atoms with Gasteiger partial charge in [-0.2, -0.15) is 4.98 Å². The lowest BCUT2D eigenvalue weighted by atomic mass is 9.96. The minimum Gasteiger partial charge on any atom is -0.474 e. The monoisotopic (exact) mass is 393 g/mol. The maximum Gasteiger partial charge on any atom is 0.258 e. The van der Waals surface area contributed by atoms with E-state index < -0.39 is 15.9 Å². The minimum absolute atomic E-state index is 0.102. The van der Waals surface area contributed by atoms with Gasteiger partial charge in [0, 0.05) is 29.8 Å². The van der Waals surface area contributed by atoms with E-state index >= 15 is 0 Å². The van der Waals surface area contributed by atoms with Gasteiger partial charge < -0.3 is 10.1 Å². The summed E-state index contributed by atoms with van der Waals surface area (Å²) in [5, 5.41) is 3.84. The molecule has 2 fully saturated rings. The van der Waals surface area contributed by atoms with Gasteiger partial charge in [0.25, 0.3) is 5.91 Å². The van der Waals surface area contributed by atoms with Gasteiger partial charge in [-0.25, -0.2) is 13.4 Å². The Hall–Kier alpha value is -1.96. The molecule has 2 saturated carbocycles. The molecule has 0 aliphatic heterocycles. The highest BCUT2D eigenvalue weighted by molar-refractivity contribution is 7.93. The normalized spacial score (nSPS) is 19.8. The van der Waals surface area contributed by atoms with Crippen LogP contribution in [0.4, 0.5) is 0 Å². The predicted octanol–water partition coefficient (Wildman–Crippen LogP) is 2.74. The SMILES string of the molecule is CC(/C=C/S(C)(=O)=O)NC(=O)c1cnc(C2CCCC2)nc1OC1CCC1. The molecule has 2 aliphatic rings. The highest BCUT2D eigenvalue weighted by Gasteiger charge is 2.27. The summed E-state index contributed by atoms with van der Waals surface area (Å²) in [5.41, 5.74) is 0.295. The number of carbonyl (C=O) groups excluding carboxylic acids is 1. The molecule has 148 valence electrons. The number of carbonyl (C=O) groups is 1. The summed E-state index contributed by atoms with van der Waals surface area (Å²) in [6.07, 6.45) is 11.8. The number of hydrogen-bond acceptors (Lipinski definition) is 6. The molecule has 1 aromatic heterocycles. The molecule has 1 aromatic rings. The Labute approximate surface area is 160 Å². The van der Waals surface area contributed by atoms with Crippen LogP contribution in [-0.4, -0.2) is 42.7 Å². The summed E-state index contributed by atoms with van der Waals surface area (Å²) in [4.78, 5) is 21.7. The molecule has 0 saturated heterocycles. The molecule has 27 heavy (non-hydrogen) atoms. The fraction of sp³-hybridized carbons (Fsp3) is 0.632. The van der Waals surface area contributed by atoms with Gasteiger partial charge >= 0.3 is 0 Å². The zero-order valence-corrected chi connectivity index (χ0v) is 16.7. The number of rotatable bonds is 7. The van der Waals surface area contributed by atoms with Crippen LogP contribution in [0.15, 0.2) is 17.7 Å². The zero-order valence-electron chi connectivity index (χ0n) is 15.8. The van der Waals surface area contributed by atoms with Gasteiger partial charge in [-0.1, -0.05) is 18.9 Å². The van der Waals surface area contributed by atoms with Crippen LogP contribution in [0.1, 0.15) is 74.0 Å². The van der Waals surface area contributed by atoms with Gasteiger partial charge in [0.2, 0.25) is 5.88 Å². The molecular weight excluding hydrogens is 366 g/mol. The summed E-state index contributed by atoms with van der Waals surface area (Å²) in [6.45, 7) is 1.71. The average molecular weight is 394 g/mol. The summed E-state index contributed by atoms with van der Waals surface area (Å²) >= 11 is 0. The molecule has 1 heterocycles. The first kappa shape index (κ1) is 19.8. The van der Waals surface area contributed by atoms with E-state index in [-0.39, 0.29) is 12.0 Å². The van der Waals surface area contributed by atoms with Crippen LogP contribution in [0.25, 0.3) is 0 Å². The van der Waals surface area contributed by atoms with Crippen LogP contribution >= 0.6 is 0 Å². The third-order valence-corrected chi connectivity index (χ3v) is 5.69. The molecule has 2 aliphatic carbocycles. The number of sulfone groups is 1. The first-order valence-corrected chi connectivity index (χ1v) is 11.5. The van der Waals surface area contributed by atoms with Gasteiger partial charge in [-0.3, -0.25) is 4.79 Å². The molecule has 1 unspecified atom stereocenters. The topological polar surface area (TPSA) is 98.2 Å². The third-order valence-electron chi connectivity index (χ3n) is 5.04. The van der Waals surface area contributed by atoms with E-state index in [1.165, 1.54) is 25.1 Å². The highest BCUT2D eigenvalue weighted by Crippen LogP contribution is 2.34. The van der Waals surface area contributed by atoms with Crippen molar-refractivity contribution in [2.45, 2.75) is 69.9 Å². The molecule has 7 nitrogen and oxygen atoms in total. The van der Waals surface area contributed by atoms with Gasteiger partial charge in [0.05, 0.1) is 0 Å². The maximum absolute atomic E-state index is 12.7. The van der Waals surface area contributed by atoms with E-state index in [1.54, 1.807) is 6.92 Å². The van der Waals surface area contributed by atoms with Crippen molar-refractivity contribution >= 4 is 15.7 Å². The lowest BCUT2D eigenvalue weighted by Gasteiger charge is -2.27. The van der Waals surface area contributed by atoms with Gasteiger partial charge in [-0.15, -0.1) is 0 Å². The molecule has 3 rings (SSSR count). The largest absolute Gasteiger partial charge is 0.474 e. The van der Waals surface area contributed by atoms with Crippen molar-refractivity contribution in [3.63, 3.8) is 0 Å². The first-order chi connectivity index (χ1) is 12.8. The summed E-state index contributed by atoms with van der Waals surface area (Å²) < 4.78 is 28.4. The van der Waals surface area contributed by atoms with Crippen molar-refractivity contribution in [2.75, 3.05) is 6.26 Å². The van der Waals surface area contributed by atoms with E-state index in [0.717, 1.165) is 49.6 Å². The lowest BCUT2D eigenvalue weighted by molar-refractivity contribution is 0.0911. The smallest absolute Gasteiger partial charge is 0.258 e. The predicted molar refractivity (Wildman–Crippen MR) is 102 cm³/mol. The molecule has 1 atom stereocenters. The Morgan fingerprint density at radius 2 is 1.96 bits per heavy atom. The number of amides is 1. The minimum atomic E-state index is -3.24. The molecule has 1 N–H and O–H groups in total. The van der Waals surface area contributed by atoms with Crippen LogP contribution in [0.3, 0.4) is 0 Å². The van der Waals surface area contributed by atoms with Crippen molar-refractivity contribution < 1.29 is 17.9 Å². The fourth-order valence-electron chi connectivity index (χ4n) is 3.25. The quantitative estimate of drug-likeness (QED) is 0.765. The maximum atomic E-state index is 12.7. The number of aromatic nitrogens is 2. The Bertz CT molecular complexity index is 812. The lowest BCUT2D eigenvalue weighted by Crippen LogP contribution is -2.33. The Balaban J connectivity index is 1.77. The van der Waals surface area contributed by atoms with Crippen LogP contribution in [0.5, 0.6) is 5.88 Å². The number of nitrogens with zero attached hydrogens (tertiary/aromatic N) is 2. The van der Waals surface area contributed by atoms with Crippen molar-refractivity contribution in [3.8, 4) is 5.88 Å². The zero-order chi connectivity index (χ0) is 19.4. The van der Waals surface area contributed by atoms with Crippen LogP contribution in [0.2, 0.25) is 0 Å². The summed E-state index contributed by atoms with van der Waals surface area (Å²) in [7, 11) is -3.24. The van der Waals surface area contributed by atoms with E-state index in [1.807, 2.05) is 0 Å². The van der Waals surface area contributed by atoms with Crippen molar-refractivity contribution in [2.24, 2.45) is 0 Å². The number of hydrogen-bond donors (Lipinski definition) is 1. The molecule has 0 spiro atoms. The molecular formula is C19H27N3O4S. The van der Waals surface area contributed by atoms with Gasteiger partial charge in [0.15, 0.2) is 9.84 Å². The van der Waals surface area contributed by atoms with Crippen molar-refractivity contribution in [3.05, 3.63) is 29.1 Å². The number of ether oxygens (including phenoxy) is 1. The summed E-state index contributed by atoms with van der Waals surface area (Å²) in [5.74, 6) is 1.06. The van der Waals surface area contributed by atoms with E-state index in [4.69, 9.17) is 4.74 Å². The average Bonchev–Trinajstić information content (AvgIpc) is 3.10. The van der Waals surface area contributed by atoms with Crippen molar-refractivity contribution in [1.29, 1.82) is 0 Å².